The Morgan fingerprint density at radius 2 is 2.11 bits per heavy atom. The molecule has 1 fully saturated rings. The fraction of sp³-hybridized carbons (Fsp3) is 0.368. The number of ether oxygens (including phenoxy) is 2. The van der Waals surface area contributed by atoms with Crippen LogP contribution in [0.25, 0.3) is 0 Å². The van der Waals surface area contributed by atoms with Crippen LogP contribution < -0.4 is 4.74 Å². The first-order chi connectivity index (χ1) is 13.0. The molecule has 2 unspecified atom stereocenters. The first kappa shape index (κ1) is 19.2. The third-order valence-electron chi connectivity index (χ3n) is 4.33. The van der Waals surface area contributed by atoms with Gasteiger partial charge in [0.15, 0.2) is 0 Å². The number of rotatable bonds is 7. The molecular formula is C19H21FN2O5. The minimum absolute atomic E-state index is 0.0143. The molecule has 7 nitrogen and oxygen atoms in total. The van der Waals surface area contributed by atoms with Gasteiger partial charge in [-0.25, -0.2) is 4.39 Å². The van der Waals surface area contributed by atoms with E-state index in [0.29, 0.717) is 32.0 Å². The molecule has 1 N–H and O–H groups in total. The number of aliphatic hydroxyl groups is 1. The quantitative estimate of drug-likeness (QED) is 0.590. The van der Waals surface area contributed by atoms with Gasteiger partial charge in [-0.15, -0.1) is 0 Å². The van der Waals surface area contributed by atoms with E-state index < -0.39 is 11.0 Å². The van der Waals surface area contributed by atoms with Gasteiger partial charge in [0.05, 0.1) is 17.6 Å². The van der Waals surface area contributed by atoms with Gasteiger partial charge in [-0.05, 0) is 29.8 Å². The van der Waals surface area contributed by atoms with Gasteiger partial charge < -0.3 is 14.6 Å². The van der Waals surface area contributed by atoms with E-state index in [4.69, 9.17) is 9.47 Å². The van der Waals surface area contributed by atoms with Gasteiger partial charge in [0.1, 0.15) is 24.3 Å². The molecule has 8 heteroatoms. The maximum absolute atomic E-state index is 13.4. The zero-order valence-corrected chi connectivity index (χ0v) is 14.7. The number of hydrogen-bond acceptors (Lipinski definition) is 6. The summed E-state index contributed by atoms with van der Waals surface area (Å²) in [5.74, 6) is 0.157. The molecule has 144 valence electrons. The highest BCUT2D eigenvalue weighted by Gasteiger charge is 2.24. The average Bonchev–Trinajstić information content (AvgIpc) is 2.67. The summed E-state index contributed by atoms with van der Waals surface area (Å²) >= 11 is 0. The lowest BCUT2D eigenvalue weighted by Crippen LogP contribution is -2.43. The summed E-state index contributed by atoms with van der Waals surface area (Å²) in [5, 5.41) is 20.9. The van der Waals surface area contributed by atoms with Crippen LogP contribution in [0.3, 0.4) is 0 Å². The minimum Gasteiger partial charge on any atom is -0.491 e. The molecule has 1 aliphatic rings. The van der Waals surface area contributed by atoms with Crippen LogP contribution in [0.1, 0.15) is 11.7 Å². The molecule has 0 amide bonds. The standard InChI is InChI=1S/C19H21FN2O5/c20-15-3-1-2-14(10-15)19-12-21(8-9-26-19)11-17(23)13-27-18-6-4-16(5-7-18)22(24)25/h1-7,10,17,19,23H,8-9,11-13H2. The van der Waals surface area contributed by atoms with Gasteiger partial charge in [0, 0.05) is 31.8 Å². The molecule has 0 spiro atoms. The lowest BCUT2D eigenvalue weighted by Gasteiger charge is -2.34. The Morgan fingerprint density at radius 3 is 2.81 bits per heavy atom. The molecule has 2 aromatic rings. The maximum atomic E-state index is 13.4. The van der Waals surface area contributed by atoms with E-state index in [1.165, 1.54) is 36.4 Å². The SMILES string of the molecule is O=[N+]([O-])c1ccc(OCC(O)CN2CCOC(c3cccc(F)c3)C2)cc1. The van der Waals surface area contributed by atoms with Crippen LogP contribution in [0.15, 0.2) is 48.5 Å². The lowest BCUT2D eigenvalue weighted by molar-refractivity contribution is -0.384. The molecule has 27 heavy (non-hydrogen) atoms. The van der Waals surface area contributed by atoms with E-state index in [-0.39, 0.29) is 24.2 Å². The number of aliphatic hydroxyl groups excluding tert-OH is 1. The number of hydrogen-bond donors (Lipinski definition) is 1. The van der Waals surface area contributed by atoms with Crippen LogP contribution >= 0.6 is 0 Å². The molecule has 0 saturated carbocycles. The molecule has 2 atom stereocenters. The fourth-order valence-electron chi connectivity index (χ4n) is 2.98. The van der Waals surface area contributed by atoms with Crippen molar-refractivity contribution in [3.8, 4) is 5.75 Å². The average molecular weight is 376 g/mol. The van der Waals surface area contributed by atoms with Crippen LogP contribution in [-0.2, 0) is 4.74 Å². The van der Waals surface area contributed by atoms with E-state index in [0.717, 1.165) is 5.56 Å². The summed E-state index contributed by atoms with van der Waals surface area (Å²) < 4.78 is 24.6. The maximum Gasteiger partial charge on any atom is 0.269 e. The van der Waals surface area contributed by atoms with Gasteiger partial charge in [0.25, 0.3) is 5.69 Å². The molecule has 1 heterocycles. The topological polar surface area (TPSA) is 85.1 Å². The molecule has 2 aromatic carbocycles. The summed E-state index contributed by atoms with van der Waals surface area (Å²) in [6.45, 7) is 2.18. The first-order valence-corrected chi connectivity index (χ1v) is 8.66. The van der Waals surface area contributed by atoms with Crippen LogP contribution in [0.2, 0.25) is 0 Å². The monoisotopic (exact) mass is 376 g/mol. The fourth-order valence-corrected chi connectivity index (χ4v) is 2.98. The van der Waals surface area contributed by atoms with Crippen LogP contribution in [0.5, 0.6) is 5.75 Å². The van der Waals surface area contributed by atoms with Crippen molar-refractivity contribution in [2.45, 2.75) is 12.2 Å². The van der Waals surface area contributed by atoms with Crippen molar-refractivity contribution >= 4 is 5.69 Å². The molecule has 0 bridgehead atoms. The van der Waals surface area contributed by atoms with Crippen LogP contribution in [-0.4, -0.2) is 53.9 Å². The van der Waals surface area contributed by atoms with Crippen molar-refractivity contribution in [2.75, 3.05) is 32.8 Å². The summed E-state index contributed by atoms with van der Waals surface area (Å²) in [4.78, 5) is 12.2. The second-order valence-electron chi connectivity index (χ2n) is 6.39. The van der Waals surface area contributed by atoms with Crippen molar-refractivity contribution in [3.63, 3.8) is 0 Å². The van der Waals surface area contributed by atoms with Crippen LogP contribution in [0.4, 0.5) is 10.1 Å². The Kier molecular flexibility index (Phi) is 6.33. The summed E-state index contributed by atoms with van der Waals surface area (Å²) in [7, 11) is 0. The molecule has 0 radical (unpaired) electrons. The van der Waals surface area contributed by atoms with Crippen molar-refractivity contribution in [3.05, 3.63) is 70.0 Å². The third kappa shape index (κ3) is 5.46. The van der Waals surface area contributed by atoms with E-state index in [2.05, 4.69) is 0 Å². The number of nitro benzene ring substituents is 1. The Balaban J connectivity index is 1.48. The predicted molar refractivity (Wildman–Crippen MR) is 96.1 cm³/mol. The van der Waals surface area contributed by atoms with Crippen molar-refractivity contribution in [2.24, 2.45) is 0 Å². The van der Waals surface area contributed by atoms with Crippen molar-refractivity contribution in [1.29, 1.82) is 0 Å². The molecule has 3 rings (SSSR count). The first-order valence-electron chi connectivity index (χ1n) is 8.66. The normalized spacial score (nSPS) is 18.8. The summed E-state index contributed by atoms with van der Waals surface area (Å²) in [6, 6.07) is 12.0. The lowest BCUT2D eigenvalue weighted by atomic mass is 10.1. The van der Waals surface area contributed by atoms with Crippen molar-refractivity contribution < 1.29 is 23.9 Å². The van der Waals surface area contributed by atoms with Gasteiger partial charge in [-0.3, -0.25) is 15.0 Å². The van der Waals surface area contributed by atoms with Gasteiger partial charge >= 0.3 is 0 Å². The van der Waals surface area contributed by atoms with Crippen molar-refractivity contribution in [1.82, 2.24) is 4.90 Å². The van der Waals surface area contributed by atoms with E-state index in [9.17, 15) is 19.6 Å². The zero-order valence-electron chi connectivity index (χ0n) is 14.7. The summed E-state index contributed by atoms with van der Waals surface area (Å²) in [5.41, 5.74) is 0.760. The molecule has 0 aliphatic carbocycles. The van der Waals surface area contributed by atoms with E-state index in [1.54, 1.807) is 6.07 Å². The molecule has 1 saturated heterocycles. The minimum atomic E-state index is -0.730. The Hall–Kier alpha value is -2.55. The van der Waals surface area contributed by atoms with E-state index >= 15 is 0 Å². The smallest absolute Gasteiger partial charge is 0.269 e. The Bertz CT molecular complexity index is 771. The number of non-ortho nitro benzene ring substituents is 1. The van der Waals surface area contributed by atoms with Gasteiger partial charge in [-0.2, -0.15) is 0 Å². The molecule has 0 aromatic heterocycles. The number of β-amino-alcohol motifs (C(OH)–C–C–N with tert-alkyl or cyclic N) is 1. The highest BCUT2D eigenvalue weighted by Crippen LogP contribution is 2.23. The van der Waals surface area contributed by atoms with Gasteiger partial charge in [0.2, 0.25) is 0 Å². The van der Waals surface area contributed by atoms with Crippen LogP contribution in [0, 0.1) is 15.9 Å². The highest BCUT2D eigenvalue weighted by molar-refractivity contribution is 5.35. The zero-order chi connectivity index (χ0) is 19.2. The third-order valence-corrected chi connectivity index (χ3v) is 4.33. The Labute approximate surface area is 156 Å². The molecular weight excluding hydrogens is 355 g/mol. The second kappa shape index (κ2) is 8.90. The summed E-state index contributed by atoms with van der Waals surface area (Å²) in [6.07, 6.45) is -0.969. The number of benzene rings is 2. The highest BCUT2D eigenvalue weighted by atomic mass is 19.1. The molecule has 1 aliphatic heterocycles. The predicted octanol–water partition coefficient (Wildman–Crippen LogP) is 2.55. The number of morpholine rings is 1. The largest absolute Gasteiger partial charge is 0.491 e. The number of nitro groups is 1. The number of halogens is 1. The Morgan fingerprint density at radius 1 is 1.33 bits per heavy atom. The van der Waals surface area contributed by atoms with E-state index in [1.807, 2.05) is 11.0 Å². The van der Waals surface area contributed by atoms with Gasteiger partial charge in [-0.1, -0.05) is 12.1 Å². The second-order valence-corrected chi connectivity index (χ2v) is 6.39. The number of nitrogens with zero attached hydrogens (tertiary/aromatic N) is 2.